The smallest absolute Gasteiger partial charge is 0.0552 e. The number of likely N-dealkylation sites (tertiary alicyclic amines) is 1. The second-order valence-corrected chi connectivity index (χ2v) is 5.74. The SMILES string of the molecule is CCCC(C)(CO)CN1CCC(C(C)O)C1. The summed E-state index contributed by atoms with van der Waals surface area (Å²) in [6.45, 7) is 9.47. The van der Waals surface area contributed by atoms with Crippen LogP contribution in [0.5, 0.6) is 0 Å². The lowest BCUT2D eigenvalue weighted by Crippen LogP contribution is -2.37. The normalized spacial score (nSPS) is 27.9. The summed E-state index contributed by atoms with van der Waals surface area (Å²) in [6.07, 6.45) is 3.08. The van der Waals surface area contributed by atoms with E-state index in [0.717, 1.165) is 38.9 Å². The van der Waals surface area contributed by atoms with Gasteiger partial charge in [-0.05, 0) is 32.2 Å². The van der Waals surface area contributed by atoms with Gasteiger partial charge in [-0.1, -0.05) is 20.3 Å². The molecule has 3 heteroatoms. The molecular formula is C13H27NO2. The minimum Gasteiger partial charge on any atom is -0.396 e. The molecule has 0 aromatic heterocycles. The first-order valence-corrected chi connectivity index (χ1v) is 6.52. The maximum absolute atomic E-state index is 9.55. The summed E-state index contributed by atoms with van der Waals surface area (Å²) < 4.78 is 0. The van der Waals surface area contributed by atoms with Crippen molar-refractivity contribution in [2.24, 2.45) is 11.3 Å². The maximum atomic E-state index is 9.55. The Labute approximate surface area is 99.5 Å². The van der Waals surface area contributed by atoms with Crippen molar-refractivity contribution < 1.29 is 10.2 Å². The van der Waals surface area contributed by atoms with E-state index in [2.05, 4.69) is 18.7 Å². The highest BCUT2D eigenvalue weighted by atomic mass is 16.3. The summed E-state index contributed by atoms with van der Waals surface area (Å²) in [4.78, 5) is 2.39. The zero-order valence-electron chi connectivity index (χ0n) is 10.9. The van der Waals surface area contributed by atoms with Crippen LogP contribution in [0.15, 0.2) is 0 Å². The van der Waals surface area contributed by atoms with Crippen LogP contribution in [0.2, 0.25) is 0 Å². The van der Waals surface area contributed by atoms with Gasteiger partial charge in [0.05, 0.1) is 6.10 Å². The van der Waals surface area contributed by atoms with Gasteiger partial charge < -0.3 is 15.1 Å². The van der Waals surface area contributed by atoms with Crippen molar-refractivity contribution in [1.82, 2.24) is 4.90 Å². The molecule has 0 bridgehead atoms. The van der Waals surface area contributed by atoms with Crippen molar-refractivity contribution in [2.75, 3.05) is 26.2 Å². The third-order valence-corrected chi connectivity index (χ3v) is 3.83. The predicted octanol–water partition coefficient (Wildman–Crippen LogP) is 1.49. The standard InChI is InChI=1S/C13H27NO2/c1-4-6-13(3,10-15)9-14-7-5-12(8-14)11(2)16/h11-12,15-16H,4-10H2,1-3H3. The van der Waals surface area contributed by atoms with Gasteiger partial charge in [0.15, 0.2) is 0 Å². The number of hydrogen-bond acceptors (Lipinski definition) is 3. The van der Waals surface area contributed by atoms with E-state index in [1.54, 1.807) is 0 Å². The Morgan fingerprint density at radius 3 is 2.62 bits per heavy atom. The van der Waals surface area contributed by atoms with Crippen LogP contribution in [0, 0.1) is 11.3 Å². The summed E-state index contributed by atoms with van der Waals surface area (Å²) in [5, 5.41) is 19.0. The summed E-state index contributed by atoms with van der Waals surface area (Å²) in [5.41, 5.74) is 0.0301. The molecule has 1 aliphatic heterocycles. The molecule has 0 aromatic carbocycles. The van der Waals surface area contributed by atoms with E-state index in [9.17, 15) is 10.2 Å². The molecule has 1 fully saturated rings. The Hall–Kier alpha value is -0.120. The predicted molar refractivity (Wildman–Crippen MR) is 66.3 cm³/mol. The second-order valence-electron chi connectivity index (χ2n) is 5.74. The van der Waals surface area contributed by atoms with Crippen molar-refractivity contribution in [3.05, 3.63) is 0 Å². The van der Waals surface area contributed by atoms with Gasteiger partial charge >= 0.3 is 0 Å². The summed E-state index contributed by atoms with van der Waals surface area (Å²) in [6, 6.07) is 0. The maximum Gasteiger partial charge on any atom is 0.0552 e. The Balaban J connectivity index is 2.42. The third kappa shape index (κ3) is 3.72. The second kappa shape index (κ2) is 5.99. The van der Waals surface area contributed by atoms with Crippen LogP contribution in [0.25, 0.3) is 0 Å². The molecule has 0 amide bonds. The fraction of sp³-hybridized carbons (Fsp3) is 1.00. The molecule has 16 heavy (non-hydrogen) atoms. The Bertz CT molecular complexity index is 208. The van der Waals surface area contributed by atoms with E-state index in [0.29, 0.717) is 5.92 Å². The van der Waals surface area contributed by atoms with Crippen LogP contribution in [0.4, 0.5) is 0 Å². The van der Waals surface area contributed by atoms with E-state index < -0.39 is 0 Å². The molecule has 0 saturated carbocycles. The first-order chi connectivity index (χ1) is 7.50. The zero-order chi connectivity index (χ0) is 12.2. The quantitative estimate of drug-likeness (QED) is 0.725. The molecule has 1 aliphatic rings. The molecule has 0 aliphatic carbocycles. The average molecular weight is 229 g/mol. The van der Waals surface area contributed by atoms with Crippen LogP contribution < -0.4 is 0 Å². The van der Waals surface area contributed by atoms with E-state index >= 15 is 0 Å². The summed E-state index contributed by atoms with van der Waals surface area (Å²) >= 11 is 0. The number of aliphatic hydroxyl groups is 2. The number of aliphatic hydroxyl groups excluding tert-OH is 2. The van der Waals surface area contributed by atoms with Gasteiger partial charge in [-0.3, -0.25) is 0 Å². The van der Waals surface area contributed by atoms with Gasteiger partial charge in [0.2, 0.25) is 0 Å². The van der Waals surface area contributed by atoms with Gasteiger partial charge in [0.1, 0.15) is 0 Å². The molecule has 3 unspecified atom stereocenters. The first-order valence-electron chi connectivity index (χ1n) is 6.52. The zero-order valence-corrected chi connectivity index (χ0v) is 10.9. The molecule has 0 spiro atoms. The van der Waals surface area contributed by atoms with E-state index in [4.69, 9.17) is 0 Å². The summed E-state index contributed by atoms with van der Waals surface area (Å²) in [7, 11) is 0. The number of rotatable bonds is 6. The lowest BCUT2D eigenvalue weighted by atomic mass is 9.86. The van der Waals surface area contributed by atoms with Crippen molar-refractivity contribution in [2.45, 2.75) is 46.1 Å². The van der Waals surface area contributed by atoms with E-state index in [1.165, 1.54) is 0 Å². The van der Waals surface area contributed by atoms with Gasteiger partial charge in [-0.15, -0.1) is 0 Å². The van der Waals surface area contributed by atoms with Gasteiger partial charge in [-0.25, -0.2) is 0 Å². The average Bonchev–Trinajstić information content (AvgIpc) is 2.66. The van der Waals surface area contributed by atoms with Crippen LogP contribution in [0.1, 0.15) is 40.0 Å². The Morgan fingerprint density at radius 1 is 1.50 bits per heavy atom. The minimum atomic E-state index is -0.198. The highest BCUT2D eigenvalue weighted by Gasteiger charge is 2.31. The molecule has 0 aromatic rings. The topological polar surface area (TPSA) is 43.7 Å². The van der Waals surface area contributed by atoms with E-state index in [-0.39, 0.29) is 18.1 Å². The van der Waals surface area contributed by atoms with Crippen molar-refractivity contribution >= 4 is 0 Å². The van der Waals surface area contributed by atoms with Gasteiger partial charge in [0.25, 0.3) is 0 Å². The fourth-order valence-corrected chi connectivity index (χ4v) is 2.75. The van der Waals surface area contributed by atoms with Crippen LogP contribution in [-0.4, -0.2) is 47.5 Å². The van der Waals surface area contributed by atoms with Crippen molar-refractivity contribution in [3.63, 3.8) is 0 Å². The van der Waals surface area contributed by atoms with Crippen molar-refractivity contribution in [3.8, 4) is 0 Å². The molecular weight excluding hydrogens is 202 g/mol. The number of nitrogens with zero attached hydrogens (tertiary/aromatic N) is 1. The lowest BCUT2D eigenvalue weighted by Gasteiger charge is -2.32. The van der Waals surface area contributed by atoms with Gasteiger partial charge in [-0.2, -0.15) is 0 Å². The van der Waals surface area contributed by atoms with Gasteiger partial charge in [0, 0.05) is 25.1 Å². The van der Waals surface area contributed by atoms with Crippen LogP contribution in [-0.2, 0) is 0 Å². The lowest BCUT2D eigenvalue weighted by molar-refractivity contribution is 0.0803. The van der Waals surface area contributed by atoms with E-state index in [1.807, 2.05) is 6.92 Å². The van der Waals surface area contributed by atoms with Crippen molar-refractivity contribution in [1.29, 1.82) is 0 Å². The molecule has 2 N–H and O–H groups in total. The molecule has 3 nitrogen and oxygen atoms in total. The first kappa shape index (κ1) is 13.9. The highest BCUT2D eigenvalue weighted by Crippen LogP contribution is 2.28. The molecule has 3 atom stereocenters. The molecule has 0 radical (unpaired) electrons. The molecule has 96 valence electrons. The summed E-state index contributed by atoms with van der Waals surface area (Å²) in [5.74, 6) is 0.421. The largest absolute Gasteiger partial charge is 0.396 e. The molecule has 1 saturated heterocycles. The molecule has 1 rings (SSSR count). The Kier molecular flexibility index (Phi) is 5.22. The minimum absolute atomic E-state index is 0.0301. The molecule has 1 heterocycles. The highest BCUT2D eigenvalue weighted by molar-refractivity contribution is 4.84. The van der Waals surface area contributed by atoms with Crippen LogP contribution >= 0.6 is 0 Å². The van der Waals surface area contributed by atoms with Crippen LogP contribution in [0.3, 0.4) is 0 Å². The Morgan fingerprint density at radius 2 is 2.19 bits per heavy atom. The number of hydrogen-bond donors (Lipinski definition) is 2. The third-order valence-electron chi connectivity index (χ3n) is 3.83. The fourth-order valence-electron chi connectivity index (χ4n) is 2.75. The monoisotopic (exact) mass is 229 g/mol.